The largest absolute Gasteiger partial charge is 0.398 e. The minimum absolute atomic E-state index is 0.284. The molecule has 0 heterocycles. The van der Waals surface area contributed by atoms with Crippen LogP contribution in [0.1, 0.15) is 20.7 Å². The van der Waals surface area contributed by atoms with Gasteiger partial charge >= 0.3 is 0 Å². The molecule has 1 rings (SSSR count). The Labute approximate surface area is 69.2 Å². The maximum absolute atomic E-state index is 10.4. The quantitative estimate of drug-likeness (QED) is 0.491. The van der Waals surface area contributed by atoms with Crippen LogP contribution >= 0.6 is 0 Å². The predicted molar refractivity (Wildman–Crippen MR) is 46.0 cm³/mol. The van der Waals surface area contributed by atoms with Crippen molar-refractivity contribution in [2.45, 2.75) is 0 Å². The average Bonchev–Trinajstić information content (AvgIpc) is 2.05. The molecule has 62 valence electrons. The second-order valence-electron chi connectivity index (χ2n) is 2.35. The van der Waals surface area contributed by atoms with Gasteiger partial charge < -0.3 is 11.5 Å². The van der Waals surface area contributed by atoms with E-state index in [-0.39, 0.29) is 22.5 Å². The normalized spacial score (nSPS) is 9.33. The summed E-state index contributed by atoms with van der Waals surface area (Å²) in [6, 6.07) is 2.76. The van der Waals surface area contributed by atoms with E-state index in [1.54, 1.807) is 0 Å². The van der Waals surface area contributed by atoms with Crippen LogP contribution in [0.2, 0.25) is 0 Å². The van der Waals surface area contributed by atoms with Gasteiger partial charge in [0.15, 0.2) is 12.6 Å². The van der Waals surface area contributed by atoms with E-state index in [0.29, 0.717) is 12.6 Å². The van der Waals surface area contributed by atoms with Gasteiger partial charge in [-0.25, -0.2) is 0 Å². The Kier molecular flexibility index (Phi) is 2.09. The fourth-order valence-corrected chi connectivity index (χ4v) is 0.873. The third kappa shape index (κ3) is 1.27. The van der Waals surface area contributed by atoms with E-state index in [1.165, 1.54) is 12.1 Å². The summed E-state index contributed by atoms with van der Waals surface area (Å²) in [5.41, 5.74) is 12.0. The maximum Gasteiger partial charge on any atom is 0.152 e. The van der Waals surface area contributed by atoms with E-state index < -0.39 is 0 Å². The number of carbonyl (C=O) groups excluding carboxylic acids is 2. The molecule has 0 bridgehead atoms. The van der Waals surface area contributed by atoms with Gasteiger partial charge in [-0.2, -0.15) is 0 Å². The molecular weight excluding hydrogens is 156 g/mol. The third-order valence-corrected chi connectivity index (χ3v) is 1.54. The molecule has 0 fully saturated rings. The number of rotatable bonds is 2. The third-order valence-electron chi connectivity index (χ3n) is 1.54. The van der Waals surface area contributed by atoms with E-state index in [1.807, 2.05) is 0 Å². The molecule has 0 atom stereocenters. The SMILES string of the molecule is Nc1cc(N)c(C=O)cc1C=O. The highest BCUT2D eigenvalue weighted by Crippen LogP contribution is 2.17. The molecule has 0 aromatic heterocycles. The summed E-state index contributed by atoms with van der Waals surface area (Å²) in [7, 11) is 0. The van der Waals surface area contributed by atoms with Gasteiger partial charge in [-0.05, 0) is 12.1 Å². The molecule has 1 aromatic carbocycles. The molecule has 0 amide bonds. The van der Waals surface area contributed by atoms with Gasteiger partial charge in [-0.15, -0.1) is 0 Å². The number of hydrogen-bond acceptors (Lipinski definition) is 4. The second-order valence-corrected chi connectivity index (χ2v) is 2.35. The fourth-order valence-electron chi connectivity index (χ4n) is 0.873. The number of anilines is 2. The first kappa shape index (κ1) is 8.26. The monoisotopic (exact) mass is 164 g/mol. The molecule has 0 aliphatic carbocycles. The molecule has 0 aliphatic heterocycles. The number of aldehydes is 2. The van der Waals surface area contributed by atoms with Crippen LogP contribution < -0.4 is 11.5 Å². The summed E-state index contributed by atoms with van der Waals surface area (Å²) in [5, 5.41) is 0. The van der Waals surface area contributed by atoms with Gasteiger partial charge in [0.2, 0.25) is 0 Å². The van der Waals surface area contributed by atoms with Crippen LogP contribution in [0.15, 0.2) is 12.1 Å². The van der Waals surface area contributed by atoms with Crippen LogP contribution in [0.3, 0.4) is 0 Å². The highest BCUT2D eigenvalue weighted by molar-refractivity contribution is 5.92. The molecule has 4 N–H and O–H groups in total. The lowest BCUT2D eigenvalue weighted by Crippen LogP contribution is -1.99. The van der Waals surface area contributed by atoms with Gasteiger partial charge in [-0.1, -0.05) is 0 Å². The molecule has 12 heavy (non-hydrogen) atoms. The number of carbonyl (C=O) groups is 2. The van der Waals surface area contributed by atoms with Gasteiger partial charge in [0.05, 0.1) is 0 Å². The molecule has 0 radical (unpaired) electrons. The molecule has 0 saturated heterocycles. The van der Waals surface area contributed by atoms with Crippen molar-refractivity contribution in [1.82, 2.24) is 0 Å². The van der Waals surface area contributed by atoms with Crippen molar-refractivity contribution in [3.05, 3.63) is 23.3 Å². The lowest BCUT2D eigenvalue weighted by Gasteiger charge is -2.02. The van der Waals surface area contributed by atoms with E-state index >= 15 is 0 Å². The summed E-state index contributed by atoms with van der Waals surface area (Å²) in [6.45, 7) is 0. The Morgan fingerprint density at radius 3 is 1.67 bits per heavy atom. The maximum atomic E-state index is 10.4. The number of nitrogens with two attached hydrogens (primary N) is 2. The van der Waals surface area contributed by atoms with Crippen LogP contribution in [0, 0.1) is 0 Å². The van der Waals surface area contributed by atoms with E-state index in [4.69, 9.17) is 11.5 Å². The summed E-state index contributed by atoms with van der Waals surface area (Å²) in [6.07, 6.45) is 1.17. The van der Waals surface area contributed by atoms with Crippen molar-refractivity contribution < 1.29 is 9.59 Å². The van der Waals surface area contributed by atoms with Gasteiger partial charge in [-0.3, -0.25) is 9.59 Å². The van der Waals surface area contributed by atoms with Crippen molar-refractivity contribution in [3.63, 3.8) is 0 Å². The zero-order valence-electron chi connectivity index (χ0n) is 6.28. The molecular formula is C8H8N2O2. The zero-order valence-corrected chi connectivity index (χ0v) is 6.28. The summed E-state index contributed by atoms with van der Waals surface area (Å²) < 4.78 is 0. The van der Waals surface area contributed by atoms with Crippen LogP contribution in [-0.2, 0) is 0 Å². The van der Waals surface area contributed by atoms with Crippen LogP contribution in [-0.4, -0.2) is 12.6 Å². The molecule has 0 spiro atoms. The number of benzene rings is 1. The first-order valence-corrected chi connectivity index (χ1v) is 3.28. The van der Waals surface area contributed by atoms with Gasteiger partial charge in [0, 0.05) is 22.5 Å². The molecule has 4 nitrogen and oxygen atoms in total. The van der Waals surface area contributed by atoms with Gasteiger partial charge in [0.1, 0.15) is 0 Å². The van der Waals surface area contributed by atoms with Crippen molar-refractivity contribution >= 4 is 23.9 Å². The number of hydrogen-bond donors (Lipinski definition) is 2. The first-order chi connectivity index (χ1) is 5.69. The van der Waals surface area contributed by atoms with E-state index in [0.717, 1.165) is 0 Å². The summed E-state index contributed by atoms with van der Waals surface area (Å²) >= 11 is 0. The van der Waals surface area contributed by atoms with Gasteiger partial charge in [0.25, 0.3) is 0 Å². The fraction of sp³-hybridized carbons (Fsp3) is 0. The lowest BCUT2D eigenvalue weighted by molar-refractivity contribution is 0.112. The van der Waals surface area contributed by atoms with Crippen LogP contribution in [0.5, 0.6) is 0 Å². The first-order valence-electron chi connectivity index (χ1n) is 3.28. The van der Waals surface area contributed by atoms with Crippen molar-refractivity contribution in [3.8, 4) is 0 Å². The highest BCUT2D eigenvalue weighted by Gasteiger charge is 2.03. The standard InChI is InChI=1S/C8H8N2O2/c9-7-2-8(10)6(4-12)1-5(7)3-11/h1-4H,9-10H2. The minimum Gasteiger partial charge on any atom is -0.398 e. The highest BCUT2D eigenvalue weighted by atomic mass is 16.1. The Bertz CT molecular complexity index is 305. The Morgan fingerprint density at radius 1 is 0.917 bits per heavy atom. The van der Waals surface area contributed by atoms with Crippen molar-refractivity contribution in [2.75, 3.05) is 11.5 Å². The summed E-state index contributed by atoms with van der Waals surface area (Å²) in [5.74, 6) is 0. The number of nitrogen functional groups attached to an aromatic ring is 2. The Hall–Kier alpha value is -1.84. The van der Waals surface area contributed by atoms with Crippen LogP contribution in [0.25, 0.3) is 0 Å². The lowest BCUT2D eigenvalue weighted by atomic mass is 10.1. The topological polar surface area (TPSA) is 86.2 Å². The van der Waals surface area contributed by atoms with Crippen molar-refractivity contribution in [2.24, 2.45) is 0 Å². The average molecular weight is 164 g/mol. The predicted octanol–water partition coefficient (Wildman–Crippen LogP) is 0.476. The molecule has 1 aromatic rings. The Morgan fingerprint density at radius 2 is 1.33 bits per heavy atom. The zero-order chi connectivity index (χ0) is 9.14. The Balaban J connectivity index is 3.36. The van der Waals surface area contributed by atoms with Crippen LogP contribution in [0.4, 0.5) is 11.4 Å². The van der Waals surface area contributed by atoms with E-state index in [2.05, 4.69) is 0 Å². The second kappa shape index (κ2) is 3.04. The molecule has 4 heteroatoms. The summed E-state index contributed by atoms with van der Waals surface area (Å²) in [4.78, 5) is 20.7. The smallest absolute Gasteiger partial charge is 0.152 e. The minimum atomic E-state index is 0.284. The van der Waals surface area contributed by atoms with Crippen molar-refractivity contribution in [1.29, 1.82) is 0 Å². The molecule has 0 unspecified atom stereocenters. The van der Waals surface area contributed by atoms with E-state index in [9.17, 15) is 9.59 Å². The molecule has 0 aliphatic rings. The molecule has 0 saturated carbocycles.